The number of carbonyl (C=O) groups is 1. The third-order valence-electron chi connectivity index (χ3n) is 3.64. The summed E-state index contributed by atoms with van der Waals surface area (Å²) in [6.45, 7) is 0.680. The Labute approximate surface area is 160 Å². The zero-order chi connectivity index (χ0) is 16.5. The van der Waals surface area contributed by atoms with Crippen molar-refractivity contribution in [2.45, 2.75) is 25.4 Å². The Bertz CT molecular complexity index is 564. The maximum Gasteiger partial charge on any atom is 0.239 e. The van der Waals surface area contributed by atoms with E-state index in [1.54, 1.807) is 14.2 Å². The van der Waals surface area contributed by atoms with Crippen molar-refractivity contribution in [3.8, 4) is 5.75 Å². The van der Waals surface area contributed by atoms with E-state index in [9.17, 15) is 4.79 Å². The Balaban J connectivity index is 0.00000288. The van der Waals surface area contributed by atoms with Gasteiger partial charge in [0.1, 0.15) is 5.75 Å². The molecule has 7 heteroatoms. The van der Waals surface area contributed by atoms with Crippen LogP contribution in [0.15, 0.2) is 41.4 Å². The highest BCUT2D eigenvalue weighted by atomic mass is 127. The number of aliphatic imine (C=N–C) groups is 1. The van der Waals surface area contributed by atoms with E-state index in [-0.39, 0.29) is 36.4 Å². The van der Waals surface area contributed by atoms with Gasteiger partial charge in [-0.1, -0.05) is 24.3 Å². The summed E-state index contributed by atoms with van der Waals surface area (Å²) in [5, 5.41) is 9.19. The molecule has 0 atom stereocenters. The number of amides is 1. The van der Waals surface area contributed by atoms with Gasteiger partial charge in [0.05, 0.1) is 13.7 Å². The van der Waals surface area contributed by atoms with E-state index in [4.69, 9.17) is 4.74 Å². The summed E-state index contributed by atoms with van der Waals surface area (Å²) in [4.78, 5) is 16.0. The molecule has 1 aromatic rings. The quantitative estimate of drug-likeness (QED) is 0.271. The molecule has 132 valence electrons. The van der Waals surface area contributed by atoms with Crippen LogP contribution in [0.25, 0.3) is 0 Å². The highest BCUT2D eigenvalue weighted by molar-refractivity contribution is 14.0. The predicted molar refractivity (Wildman–Crippen MR) is 107 cm³/mol. The molecular formula is C17H25IN4O2. The van der Waals surface area contributed by atoms with Crippen LogP contribution in [0.3, 0.4) is 0 Å². The van der Waals surface area contributed by atoms with Gasteiger partial charge in [-0.2, -0.15) is 0 Å². The number of ether oxygens (including phenoxy) is 1. The lowest BCUT2D eigenvalue weighted by atomic mass is 10.2. The van der Waals surface area contributed by atoms with Crippen molar-refractivity contribution >= 4 is 35.8 Å². The van der Waals surface area contributed by atoms with Crippen molar-refractivity contribution in [3.05, 3.63) is 42.0 Å². The molecule has 0 fully saturated rings. The van der Waals surface area contributed by atoms with Crippen molar-refractivity contribution in [2.24, 2.45) is 4.99 Å². The van der Waals surface area contributed by atoms with Crippen molar-refractivity contribution in [1.29, 1.82) is 0 Å². The first kappa shape index (κ1) is 20.3. The van der Waals surface area contributed by atoms with E-state index in [0.717, 1.165) is 24.2 Å². The minimum atomic E-state index is -0.0756. The Hall–Kier alpha value is -1.77. The molecule has 0 spiro atoms. The number of methoxy groups -OCH3 is 1. The summed E-state index contributed by atoms with van der Waals surface area (Å²) in [6.07, 6.45) is 6.27. The molecule has 1 aromatic carbocycles. The SMILES string of the molecule is CN=C(NCC(=O)NCc1ccc(OC)cc1)NC1CC=CC1.I. The maximum atomic E-state index is 11.9. The molecular weight excluding hydrogens is 419 g/mol. The average molecular weight is 444 g/mol. The monoisotopic (exact) mass is 444 g/mol. The van der Waals surface area contributed by atoms with Crippen LogP contribution in [-0.2, 0) is 11.3 Å². The third-order valence-corrected chi connectivity index (χ3v) is 3.64. The summed E-state index contributed by atoms with van der Waals surface area (Å²) < 4.78 is 5.10. The predicted octanol–water partition coefficient (Wildman–Crippen LogP) is 1.81. The molecule has 1 aliphatic rings. The first-order valence-corrected chi connectivity index (χ1v) is 7.73. The van der Waals surface area contributed by atoms with Gasteiger partial charge < -0.3 is 20.7 Å². The first-order chi connectivity index (χ1) is 11.2. The Morgan fingerprint density at radius 1 is 1.21 bits per heavy atom. The molecule has 0 bridgehead atoms. The topological polar surface area (TPSA) is 74.8 Å². The van der Waals surface area contributed by atoms with Crippen LogP contribution in [0.1, 0.15) is 18.4 Å². The maximum absolute atomic E-state index is 11.9. The fourth-order valence-electron chi connectivity index (χ4n) is 2.29. The van der Waals surface area contributed by atoms with Crippen molar-refractivity contribution in [3.63, 3.8) is 0 Å². The second kappa shape index (κ2) is 10.9. The molecule has 1 amide bonds. The summed E-state index contributed by atoms with van der Waals surface area (Å²) in [6, 6.07) is 7.98. The molecule has 0 unspecified atom stereocenters. The molecule has 0 aromatic heterocycles. The molecule has 1 aliphatic carbocycles. The molecule has 6 nitrogen and oxygen atoms in total. The number of guanidine groups is 1. The lowest BCUT2D eigenvalue weighted by Crippen LogP contribution is -2.46. The van der Waals surface area contributed by atoms with Crippen LogP contribution >= 0.6 is 24.0 Å². The lowest BCUT2D eigenvalue weighted by Gasteiger charge is -2.16. The van der Waals surface area contributed by atoms with Gasteiger partial charge in [0.25, 0.3) is 0 Å². The number of benzene rings is 1. The van der Waals surface area contributed by atoms with Gasteiger partial charge in [-0.15, -0.1) is 24.0 Å². The first-order valence-electron chi connectivity index (χ1n) is 7.73. The van der Waals surface area contributed by atoms with Gasteiger partial charge in [0.2, 0.25) is 5.91 Å². The highest BCUT2D eigenvalue weighted by Gasteiger charge is 2.12. The minimum absolute atomic E-state index is 0. The van der Waals surface area contributed by atoms with E-state index in [0.29, 0.717) is 18.5 Å². The normalized spacial score (nSPS) is 14.0. The fraction of sp³-hybridized carbons (Fsp3) is 0.412. The number of nitrogens with one attached hydrogen (secondary N) is 3. The fourth-order valence-corrected chi connectivity index (χ4v) is 2.29. The largest absolute Gasteiger partial charge is 0.497 e. The van der Waals surface area contributed by atoms with Crippen LogP contribution in [-0.4, -0.2) is 38.6 Å². The van der Waals surface area contributed by atoms with Crippen LogP contribution in [0.2, 0.25) is 0 Å². The molecule has 0 radical (unpaired) electrons. The van der Waals surface area contributed by atoms with E-state index >= 15 is 0 Å². The highest BCUT2D eigenvalue weighted by Crippen LogP contribution is 2.11. The van der Waals surface area contributed by atoms with Gasteiger partial charge in [-0.05, 0) is 30.5 Å². The number of hydrogen-bond donors (Lipinski definition) is 3. The Kier molecular flexibility index (Phi) is 9.21. The number of rotatable bonds is 6. The summed E-state index contributed by atoms with van der Waals surface area (Å²) in [5.74, 6) is 1.38. The second-order valence-electron chi connectivity index (χ2n) is 5.33. The van der Waals surface area contributed by atoms with Crippen molar-refractivity contribution < 1.29 is 9.53 Å². The van der Waals surface area contributed by atoms with E-state index in [1.807, 2.05) is 24.3 Å². The standard InChI is InChI=1S/C17H24N4O2.HI/c1-18-17(21-14-5-3-4-6-14)20-12-16(22)19-11-13-7-9-15(23-2)10-8-13;/h3-4,7-10,14H,5-6,11-12H2,1-2H3,(H,19,22)(H2,18,20,21);1H. The molecule has 0 saturated heterocycles. The number of hydrogen-bond acceptors (Lipinski definition) is 3. The molecule has 3 N–H and O–H groups in total. The third kappa shape index (κ3) is 6.77. The van der Waals surface area contributed by atoms with Gasteiger partial charge in [-0.25, -0.2) is 0 Å². The zero-order valence-corrected chi connectivity index (χ0v) is 16.4. The lowest BCUT2D eigenvalue weighted by molar-refractivity contribution is -0.120. The van der Waals surface area contributed by atoms with Crippen molar-refractivity contribution in [2.75, 3.05) is 20.7 Å². The number of carbonyl (C=O) groups excluding carboxylic acids is 1. The van der Waals surface area contributed by atoms with Gasteiger partial charge in [0, 0.05) is 19.6 Å². The molecule has 0 aliphatic heterocycles. The van der Waals surface area contributed by atoms with Gasteiger partial charge in [0.15, 0.2) is 5.96 Å². The van der Waals surface area contributed by atoms with Gasteiger partial charge in [-0.3, -0.25) is 9.79 Å². The van der Waals surface area contributed by atoms with Crippen LogP contribution < -0.4 is 20.7 Å². The Morgan fingerprint density at radius 2 is 1.88 bits per heavy atom. The van der Waals surface area contributed by atoms with E-state index in [1.165, 1.54) is 0 Å². The molecule has 2 rings (SSSR count). The van der Waals surface area contributed by atoms with Gasteiger partial charge >= 0.3 is 0 Å². The number of halogens is 1. The summed E-state index contributed by atoms with van der Waals surface area (Å²) in [7, 11) is 3.33. The smallest absolute Gasteiger partial charge is 0.239 e. The van der Waals surface area contributed by atoms with Crippen LogP contribution in [0, 0.1) is 0 Å². The van der Waals surface area contributed by atoms with E-state index in [2.05, 4.69) is 33.1 Å². The molecule has 0 saturated carbocycles. The van der Waals surface area contributed by atoms with E-state index < -0.39 is 0 Å². The minimum Gasteiger partial charge on any atom is -0.497 e. The second-order valence-corrected chi connectivity index (χ2v) is 5.33. The molecule has 0 heterocycles. The Morgan fingerprint density at radius 3 is 2.46 bits per heavy atom. The van der Waals surface area contributed by atoms with Crippen molar-refractivity contribution in [1.82, 2.24) is 16.0 Å². The van der Waals surface area contributed by atoms with Crippen LogP contribution in [0.4, 0.5) is 0 Å². The zero-order valence-electron chi connectivity index (χ0n) is 14.0. The number of nitrogens with zero attached hydrogens (tertiary/aromatic N) is 1. The summed E-state index contributed by atoms with van der Waals surface area (Å²) in [5.41, 5.74) is 1.03. The average Bonchev–Trinajstić information content (AvgIpc) is 3.10. The van der Waals surface area contributed by atoms with Crippen LogP contribution in [0.5, 0.6) is 5.75 Å². The molecule has 24 heavy (non-hydrogen) atoms. The summed E-state index contributed by atoms with van der Waals surface area (Å²) >= 11 is 0.